The van der Waals surface area contributed by atoms with Crippen molar-refractivity contribution in [2.75, 3.05) is 20.2 Å². The lowest BCUT2D eigenvalue weighted by atomic mass is 10.2. The number of benzene rings is 1. The quantitative estimate of drug-likeness (QED) is 0.739. The second-order valence-corrected chi connectivity index (χ2v) is 5.44. The van der Waals surface area contributed by atoms with Gasteiger partial charge in [-0.3, -0.25) is 14.5 Å². The van der Waals surface area contributed by atoms with E-state index in [1.165, 1.54) is 19.2 Å². The molecule has 1 aliphatic carbocycles. The molecule has 1 fully saturated rings. The van der Waals surface area contributed by atoms with Crippen molar-refractivity contribution in [1.29, 1.82) is 0 Å². The van der Waals surface area contributed by atoms with Gasteiger partial charge in [-0.25, -0.2) is 4.39 Å². The molecule has 0 unspecified atom stereocenters. The summed E-state index contributed by atoms with van der Waals surface area (Å²) in [4.78, 5) is 25.0. The fraction of sp³-hybridized carbons (Fsp3) is 0.500. The normalized spacial score (nSPS) is 14.0. The Bertz CT molecular complexity index is 515. The number of carbonyl (C=O) groups excluding carboxylic acids is 2. The summed E-state index contributed by atoms with van der Waals surface area (Å²) in [5, 5.41) is 2.71. The summed E-state index contributed by atoms with van der Waals surface area (Å²) in [7, 11) is 1.32. The van der Waals surface area contributed by atoms with Gasteiger partial charge in [-0.15, -0.1) is 0 Å². The van der Waals surface area contributed by atoms with Crippen molar-refractivity contribution in [3.63, 3.8) is 0 Å². The Hall–Kier alpha value is -1.95. The first-order chi connectivity index (χ1) is 10.6. The lowest BCUT2D eigenvalue weighted by molar-refractivity contribution is -0.140. The Labute approximate surface area is 129 Å². The predicted octanol–water partition coefficient (Wildman–Crippen LogP) is 1.47. The van der Waals surface area contributed by atoms with Crippen LogP contribution in [0.3, 0.4) is 0 Å². The van der Waals surface area contributed by atoms with E-state index >= 15 is 0 Å². The third kappa shape index (κ3) is 5.44. The van der Waals surface area contributed by atoms with Crippen LogP contribution >= 0.6 is 0 Å². The molecule has 1 amide bonds. The number of amides is 1. The molecule has 0 radical (unpaired) electrons. The third-order valence-corrected chi connectivity index (χ3v) is 3.59. The van der Waals surface area contributed by atoms with E-state index in [9.17, 15) is 14.0 Å². The Kier molecular flexibility index (Phi) is 5.89. The number of hydrogen-bond acceptors (Lipinski definition) is 4. The smallest absolute Gasteiger partial charge is 0.307 e. The van der Waals surface area contributed by atoms with Gasteiger partial charge in [0.25, 0.3) is 0 Å². The van der Waals surface area contributed by atoms with Crippen LogP contribution in [0.4, 0.5) is 4.39 Å². The molecule has 2 rings (SSSR count). The molecule has 0 aliphatic heterocycles. The molecule has 5 nitrogen and oxygen atoms in total. The van der Waals surface area contributed by atoms with Crippen LogP contribution in [0.2, 0.25) is 0 Å². The van der Waals surface area contributed by atoms with E-state index in [-0.39, 0.29) is 37.2 Å². The Morgan fingerprint density at radius 1 is 1.32 bits per heavy atom. The van der Waals surface area contributed by atoms with Crippen LogP contribution in [0.5, 0.6) is 0 Å². The largest absolute Gasteiger partial charge is 0.469 e. The molecule has 1 N–H and O–H groups in total. The Balaban J connectivity index is 1.80. The van der Waals surface area contributed by atoms with E-state index in [0.717, 1.165) is 18.4 Å². The third-order valence-electron chi connectivity index (χ3n) is 3.59. The molecule has 1 saturated carbocycles. The zero-order valence-corrected chi connectivity index (χ0v) is 12.7. The van der Waals surface area contributed by atoms with Crippen LogP contribution in [-0.2, 0) is 20.9 Å². The number of nitrogens with zero attached hydrogens (tertiary/aromatic N) is 1. The minimum Gasteiger partial charge on any atom is -0.469 e. The maximum Gasteiger partial charge on any atom is 0.307 e. The number of nitrogens with one attached hydrogen (secondary N) is 1. The summed E-state index contributed by atoms with van der Waals surface area (Å²) < 4.78 is 17.4. The lowest BCUT2D eigenvalue weighted by Crippen LogP contribution is -2.38. The number of hydrogen-bond donors (Lipinski definition) is 1. The summed E-state index contributed by atoms with van der Waals surface area (Å²) in [6, 6.07) is 6.74. The van der Waals surface area contributed by atoms with Crippen LogP contribution in [0.25, 0.3) is 0 Å². The highest BCUT2D eigenvalue weighted by molar-refractivity contribution is 5.79. The van der Waals surface area contributed by atoms with E-state index < -0.39 is 0 Å². The van der Waals surface area contributed by atoms with Gasteiger partial charge >= 0.3 is 5.97 Å². The van der Waals surface area contributed by atoms with Crippen LogP contribution in [0, 0.1) is 5.82 Å². The fourth-order valence-corrected chi connectivity index (χ4v) is 2.22. The highest BCUT2D eigenvalue weighted by Crippen LogP contribution is 2.28. The molecule has 0 saturated heterocycles. The van der Waals surface area contributed by atoms with Gasteiger partial charge in [0.1, 0.15) is 5.82 Å². The molecule has 0 aromatic heterocycles. The Morgan fingerprint density at radius 2 is 2.00 bits per heavy atom. The molecule has 1 aliphatic rings. The van der Waals surface area contributed by atoms with Crippen molar-refractivity contribution in [2.24, 2.45) is 0 Å². The average Bonchev–Trinajstić information content (AvgIpc) is 3.33. The maximum atomic E-state index is 12.9. The molecule has 120 valence electrons. The molecular formula is C16H21FN2O3. The zero-order chi connectivity index (χ0) is 15.9. The van der Waals surface area contributed by atoms with E-state index in [1.54, 1.807) is 12.1 Å². The summed E-state index contributed by atoms with van der Waals surface area (Å²) in [6.07, 6.45) is 2.33. The summed E-state index contributed by atoms with van der Waals surface area (Å²) in [6.45, 7) is 1.18. The van der Waals surface area contributed by atoms with Crippen molar-refractivity contribution in [3.8, 4) is 0 Å². The van der Waals surface area contributed by atoms with Gasteiger partial charge in [0.15, 0.2) is 0 Å². The molecule has 0 heterocycles. The Morgan fingerprint density at radius 3 is 2.59 bits per heavy atom. The topological polar surface area (TPSA) is 58.6 Å². The molecule has 1 aromatic carbocycles. The molecule has 0 bridgehead atoms. The highest BCUT2D eigenvalue weighted by Gasteiger charge is 2.30. The minimum absolute atomic E-state index is 0.113. The van der Waals surface area contributed by atoms with E-state index in [0.29, 0.717) is 12.6 Å². The number of rotatable bonds is 8. The van der Waals surface area contributed by atoms with Gasteiger partial charge in [-0.1, -0.05) is 12.1 Å². The minimum atomic E-state index is -0.342. The van der Waals surface area contributed by atoms with Gasteiger partial charge in [0, 0.05) is 19.1 Å². The van der Waals surface area contributed by atoms with Crippen molar-refractivity contribution in [2.45, 2.75) is 31.8 Å². The van der Waals surface area contributed by atoms with Crippen LogP contribution < -0.4 is 5.32 Å². The zero-order valence-electron chi connectivity index (χ0n) is 12.7. The molecule has 0 spiro atoms. The second kappa shape index (κ2) is 7.89. The van der Waals surface area contributed by atoms with Crippen molar-refractivity contribution in [1.82, 2.24) is 10.2 Å². The predicted molar refractivity (Wildman–Crippen MR) is 79.5 cm³/mol. The first-order valence-corrected chi connectivity index (χ1v) is 7.40. The maximum absolute atomic E-state index is 12.9. The number of carbonyl (C=O) groups is 2. The highest BCUT2D eigenvalue weighted by atomic mass is 19.1. The van der Waals surface area contributed by atoms with Gasteiger partial charge < -0.3 is 10.1 Å². The van der Waals surface area contributed by atoms with Gasteiger partial charge in [0.2, 0.25) is 5.91 Å². The van der Waals surface area contributed by atoms with Crippen molar-refractivity contribution < 1.29 is 18.7 Å². The van der Waals surface area contributed by atoms with Gasteiger partial charge in [-0.05, 0) is 30.5 Å². The second-order valence-electron chi connectivity index (χ2n) is 5.44. The molecule has 6 heteroatoms. The van der Waals surface area contributed by atoms with E-state index in [2.05, 4.69) is 15.0 Å². The van der Waals surface area contributed by atoms with Gasteiger partial charge in [0.05, 0.1) is 20.1 Å². The number of ether oxygens (including phenoxy) is 1. The molecule has 1 aromatic rings. The van der Waals surface area contributed by atoms with Crippen molar-refractivity contribution >= 4 is 11.9 Å². The molecular weight excluding hydrogens is 287 g/mol. The first kappa shape index (κ1) is 16.4. The van der Waals surface area contributed by atoms with E-state index in [1.807, 2.05) is 0 Å². The number of halogens is 1. The monoisotopic (exact) mass is 308 g/mol. The average molecular weight is 308 g/mol. The van der Waals surface area contributed by atoms with E-state index in [4.69, 9.17) is 0 Å². The lowest BCUT2D eigenvalue weighted by Gasteiger charge is -2.21. The number of esters is 1. The first-order valence-electron chi connectivity index (χ1n) is 7.40. The van der Waals surface area contributed by atoms with Gasteiger partial charge in [-0.2, -0.15) is 0 Å². The summed E-state index contributed by atoms with van der Waals surface area (Å²) >= 11 is 0. The standard InChI is InChI=1S/C16H21FN2O3/c1-22-16(21)8-9-18-15(20)11-19(14-6-7-14)10-12-2-4-13(17)5-3-12/h2-5,14H,6-11H2,1H3,(H,18,20). The van der Waals surface area contributed by atoms with Crippen LogP contribution in [0.1, 0.15) is 24.8 Å². The molecule has 22 heavy (non-hydrogen) atoms. The number of methoxy groups -OCH3 is 1. The SMILES string of the molecule is COC(=O)CCNC(=O)CN(Cc1ccc(F)cc1)C1CC1. The summed E-state index contributed by atoms with van der Waals surface area (Å²) in [5.74, 6) is -0.717. The van der Waals surface area contributed by atoms with Crippen molar-refractivity contribution in [3.05, 3.63) is 35.6 Å². The fourth-order valence-electron chi connectivity index (χ4n) is 2.22. The summed E-state index contributed by atoms with van der Waals surface area (Å²) in [5.41, 5.74) is 0.982. The van der Waals surface area contributed by atoms with Crippen LogP contribution in [0.15, 0.2) is 24.3 Å². The van der Waals surface area contributed by atoms with Crippen LogP contribution in [-0.4, -0.2) is 43.0 Å². The molecule has 0 atom stereocenters.